The fourth-order valence-corrected chi connectivity index (χ4v) is 10.3. The third kappa shape index (κ3) is 7.77. The average molecular weight is 805 g/mol. The quantitative estimate of drug-likeness (QED) is 0.274. The monoisotopic (exact) mass is 804 g/mol. The lowest BCUT2D eigenvalue weighted by molar-refractivity contribution is -0.140. The maximum absolute atomic E-state index is 14.7. The van der Waals surface area contributed by atoms with Gasteiger partial charge in [-0.15, -0.1) is 11.3 Å². The van der Waals surface area contributed by atoms with Gasteiger partial charge in [-0.1, -0.05) is 67.5 Å². The highest BCUT2D eigenvalue weighted by molar-refractivity contribution is 7.91. The van der Waals surface area contributed by atoms with Gasteiger partial charge in [0.05, 0.1) is 24.0 Å². The second kappa shape index (κ2) is 15.3. The van der Waals surface area contributed by atoms with Crippen molar-refractivity contribution in [2.24, 2.45) is 5.92 Å². The van der Waals surface area contributed by atoms with Crippen LogP contribution in [0.25, 0.3) is 11.3 Å². The van der Waals surface area contributed by atoms with Gasteiger partial charge in [0.1, 0.15) is 29.5 Å². The third-order valence-electron chi connectivity index (χ3n) is 11.4. The summed E-state index contributed by atoms with van der Waals surface area (Å²) in [4.78, 5) is 64.9. The van der Waals surface area contributed by atoms with Crippen molar-refractivity contribution in [3.8, 4) is 11.3 Å². The Balaban J connectivity index is 1.07. The van der Waals surface area contributed by atoms with E-state index >= 15 is 0 Å². The molecule has 16 heteroatoms. The number of aryl methyl sites for hydroxylation is 1. The summed E-state index contributed by atoms with van der Waals surface area (Å²) in [5.74, 6) is -2.68. The standard InChI is InChI=1S/C40H45FN6O7S2/c1-24-34(25-11-6-5-7-12-25)43-38(55-24)42-32-16-9-4-2-3-8-14-27-20-40(27,37(50)45-56(52,53)29-17-18-29)44-35(48)33-19-28(22-47(33)36(32)49)54-39(51)46-21-26-13-10-15-31(41)30(26)23-46/h5-8,10-15,27-29,32-33H,2-4,9,16-23H2,1H3,(H,42,43)(H,44,48)(H,45,50)/b14-8-/t27-,28+,32-,33-,40+/m0/s1. The van der Waals surface area contributed by atoms with E-state index in [4.69, 9.17) is 9.72 Å². The summed E-state index contributed by atoms with van der Waals surface area (Å²) in [6, 6.07) is 12.5. The van der Waals surface area contributed by atoms with Gasteiger partial charge in [0.25, 0.3) is 5.91 Å². The number of allylic oxidation sites excluding steroid dienone is 1. The van der Waals surface area contributed by atoms with Crippen LogP contribution in [0.3, 0.4) is 0 Å². The van der Waals surface area contributed by atoms with Crippen molar-refractivity contribution in [2.75, 3.05) is 11.9 Å². The van der Waals surface area contributed by atoms with Crippen LogP contribution in [0, 0.1) is 18.7 Å². The van der Waals surface area contributed by atoms with Gasteiger partial charge in [-0.25, -0.2) is 22.6 Å². The van der Waals surface area contributed by atoms with Crippen LogP contribution >= 0.6 is 11.3 Å². The number of thiazole rings is 1. The fraction of sp³-hybridized carbons (Fsp3) is 0.475. The molecule has 296 valence electrons. The SMILES string of the molecule is Cc1sc(N[C@H]2CCCCC/C=C\[C@H]3C[C@@]3(C(=O)NS(=O)(=O)C3CC3)NC(=O)[C@@H]3C[C@@H](OC(=O)N4Cc5cccc(F)c5C4)CN3C2=O)nc1-c1ccccc1. The molecule has 56 heavy (non-hydrogen) atoms. The molecule has 0 bridgehead atoms. The number of fused-ring (bicyclic) bond motifs is 3. The van der Waals surface area contributed by atoms with E-state index in [0.29, 0.717) is 41.9 Å². The van der Waals surface area contributed by atoms with Crippen LogP contribution in [0.2, 0.25) is 0 Å². The van der Waals surface area contributed by atoms with Crippen LogP contribution in [0.4, 0.5) is 14.3 Å². The molecule has 0 unspecified atom stereocenters. The molecule has 4 amide bonds. The van der Waals surface area contributed by atoms with E-state index in [1.54, 1.807) is 12.1 Å². The number of carbonyl (C=O) groups is 4. The van der Waals surface area contributed by atoms with Crippen LogP contribution in [-0.4, -0.2) is 82.5 Å². The van der Waals surface area contributed by atoms with Gasteiger partial charge in [-0.05, 0) is 57.1 Å². The molecule has 8 rings (SSSR count). The van der Waals surface area contributed by atoms with Crippen molar-refractivity contribution in [3.63, 3.8) is 0 Å². The van der Waals surface area contributed by atoms with Crippen LogP contribution in [0.15, 0.2) is 60.7 Å². The molecule has 3 aliphatic heterocycles. The lowest BCUT2D eigenvalue weighted by Gasteiger charge is -2.29. The Morgan fingerprint density at radius 3 is 2.61 bits per heavy atom. The van der Waals surface area contributed by atoms with Crippen LogP contribution < -0.4 is 15.4 Å². The molecule has 13 nitrogen and oxygen atoms in total. The topological polar surface area (TPSA) is 167 Å². The highest BCUT2D eigenvalue weighted by Gasteiger charge is 2.62. The largest absolute Gasteiger partial charge is 0.444 e. The number of amides is 4. The number of nitrogens with one attached hydrogen (secondary N) is 3. The lowest BCUT2D eigenvalue weighted by atomic mass is 10.1. The molecule has 5 atom stereocenters. The van der Waals surface area contributed by atoms with Crippen LogP contribution in [-0.2, 0) is 42.2 Å². The molecule has 5 aliphatic rings. The second-order valence-corrected chi connectivity index (χ2v) is 18.6. The fourth-order valence-electron chi connectivity index (χ4n) is 8.05. The highest BCUT2D eigenvalue weighted by atomic mass is 32.2. The van der Waals surface area contributed by atoms with Gasteiger partial charge in [0.15, 0.2) is 5.13 Å². The Kier molecular flexibility index (Phi) is 10.4. The molecule has 0 radical (unpaired) electrons. The van der Waals surface area contributed by atoms with Crippen LogP contribution in [0.1, 0.15) is 73.8 Å². The Labute approximate surface area is 329 Å². The first-order chi connectivity index (χ1) is 26.9. The molecule has 0 spiro atoms. The highest BCUT2D eigenvalue weighted by Crippen LogP contribution is 2.46. The molecule has 2 aromatic carbocycles. The summed E-state index contributed by atoms with van der Waals surface area (Å²) in [5.41, 5.74) is 1.32. The number of rotatable bonds is 7. The summed E-state index contributed by atoms with van der Waals surface area (Å²) >= 11 is 1.43. The average Bonchev–Trinajstić information content (AvgIpc) is 4.01. The Bertz CT molecular complexity index is 2180. The zero-order valence-corrected chi connectivity index (χ0v) is 32.7. The van der Waals surface area contributed by atoms with Crippen LogP contribution in [0.5, 0.6) is 0 Å². The number of hydrogen-bond donors (Lipinski definition) is 3. The second-order valence-electron chi connectivity index (χ2n) is 15.5. The smallest absolute Gasteiger partial charge is 0.410 e. The first kappa shape index (κ1) is 38.1. The molecule has 2 aliphatic carbocycles. The molecule has 1 aromatic heterocycles. The van der Waals surface area contributed by atoms with E-state index in [1.807, 2.05) is 49.4 Å². The van der Waals surface area contributed by atoms with E-state index in [2.05, 4.69) is 15.4 Å². The predicted molar refractivity (Wildman–Crippen MR) is 207 cm³/mol. The van der Waals surface area contributed by atoms with E-state index < -0.39 is 68.6 Å². The lowest BCUT2D eigenvalue weighted by Crippen LogP contribution is -2.57. The number of sulfonamides is 1. The van der Waals surface area contributed by atoms with E-state index in [0.717, 1.165) is 35.4 Å². The predicted octanol–water partition coefficient (Wildman–Crippen LogP) is 5.16. The van der Waals surface area contributed by atoms with Crippen molar-refractivity contribution in [3.05, 3.63) is 82.5 Å². The summed E-state index contributed by atoms with van der Waals surface area (Å²) in [6.07, 6.45) is 6.82. The maximum Gasteiger partial charge on any atom is 0.410 e. The van der Waals surface area contributed by atoms with Gasteiger partial charge in [0, 0.05) is 34.9 Å². The molecular weight excluding hydrogens is 760 g/mol. The van der Waals surface area contributed by atoms with Crippen molar-refractivity contribution in [2.45, 2.75) is 107 Å². The first-order valence-electron chi connectivity index (χ1n) is 19.3. The normalized spacial score (nSPS) is 27.2. The third-order valence-corrected chi connectivity index (χ3v) is 14.2. The molecule has 4 heterocycles. The number of aromatic nitrogens is 1. The molecular formula is C40H45FN6O7S2. The van der Waals surface area contributed by atoms with E-state index in [9.17, 15) is 32.0 Å². The van der Waals surface area contributed by atoms with Gasteiger partial charge in [0.2, 0.25) is 21.8 Å². The molecule has 3 N–H and O–H groups in total. The summed E-state index contributed by atoms with van der Waals surface area (Å²) < 4.78 is 48.4. The van der Waals surface area contributed by atoms with E-state index in [1.165, 1.54) is 27.2 Å². The van der Waals surface area contributed by atoms with E-state index in [-0.39, 0.29) is 38.4 Å². The minimum absolute atomic E-state index is 0.0284. The maximum atomic E-state index is 14.7. The molecule has 3 aromatic rings. The number of benzene rings is 2. The van der Waals surface area contributed by atoms with Crippen molar-refractivity contribution in [1.82, 2.24) is 24.8 Å². The molecule has 1 saturated heterocycles. The van der Waals surface area contributed by atoms with Gasteiger partial charge >= 0.3 is 6.09 Å². The zero-order chi connectivity index (χ0) is 39.2. The Hall–Kier alpha value is -4.83. The number of ether oxygens (including phenoxy) is 1. The Morgan fingerprint density at radius 2 is 1.84 bits per heavy atom. The zero-order valence-electron chi connectivity index (χ0n) is 31.0. The molecule has 3 fully saturated rings. The number of halogens is 1. The minimum Gasteiger partial charge on any atom is -0.444 e. The Morgan fingerprint density at radius 1 is 1.04 bits per heavy atom. The molecule has 2 saturated carbocycles. The minimum atomic E-state index is -3.90. The summed E-state index contributed by atoms with van der Waals surface area (Å²) in [5, 5.41) is 6.15. The van der Waals surface area contributed by atoms with Gasteiger partial charge in [-0.3, -0.25) is 24.0 Å². The summed E-state index contributed by atoms with van der Waals surface area (Å²) in [7, 11) is -3.90. The number of hydrogen-bond acceptors (Lipinski definition) is 10. The van der Waals surface area contributed by atoms with Crippen molar-refractivity contribution >= 4 is 50.3 Å². The number of anilines is 1. The van der Waals surface area contributed by atoms with Gasteiger partial charge < -0.3 is 20.3 Å². The van der Waals surface area contributed by atoms with Crippen molar-refractivity contribution < 1.29 is 36.7 Å². The van der Waals surface area contributed by atoms with Gasteiger partial charge in [-0.2, -0.15) is 0 Å². The van der Waals surface area contributed by atoms with Crippen molar-refractivity contribution in [1.29, 1.82) is 0 Å². The first-order valence-corrected chi connectivity index (χ1v) is 21.6. The number of carbonyl (C=O) groups excluding carboxylic acids is 4. The number of nitrogens with zero attached hydrogens (tertiary/aromatic N) is 3. The summed E-state index contributed by atoms with van der Waals surface area (Å²) in [6.45, 7) is 2.06.